The molecule has 0 spiro atoms. The maximum atomic E-state index is 13.2. The van der Waals surface area contributed by atoms with Crippen molar-refractivity contribution in [2.75, 3.05) is 49.2 Å². The van der Waals surface area contributed by atoms with Gasteiger partial charge in [-0.2, -0.15) is 0 Å². The molecule has 6 rings (SSSR count). The molecular weight excluding hydrogens is 480 g/mol. The van der Waals surface area contributed by atoms with Crippen molar-refractivity contribution in [1.29, 1.82) is 0 Å². The van der Waals surface area contributed by atoms with Gasteiger partial charge in [-0.05, 0) is 60.1 Å². The zero-order chi connectivity index (χ0) is 25.6. The summed E-state index contributed by atoms with van der Waals surface area (Å²) in [4.78, 5) is 23.8. The highest BCUT2D eigenvalue weighted by atomic mass is 32.1. The summed E-state index contributed by atoms with van der Waals surface area (Å²) in [5.41, 5.74) is 13.0. The number of thiophene rings is 1. The van der Waals surface area contributed by atoms with Gasteiger partial charge >= 0.3 is 0 Å². The molecule has 6 nitrogen and oxygen atoms in total. The van der Waals surface area contributed by atoms with Gasteiger partial charge in [-0.1, -0.05) is 26.0 Å². The third kappa shape index (κ3) is 4.92. The van der Waals surface area contributed by atoms with Crippen LogP contribution in [0.5, 0.6) is 0 Å². The summed E-state index contributed by atoms with van der Waals surface area (Å²) in [6.07, 6.45) is 5.49. The number of benzene rings is 1. The van der Waals surface area contributed by atoms with Gasteiger partial charge in [0.2, 0.25) is 0 Å². The fourth-order valence-electron chi connectivity index (χ4n) is 5.95. The molecule has 1 aromatic carbocycles. The number of pyridine rings is 1. The largest absolute Gasteiger partial charge is 0.378 e. The summed E-state index contributed by atoms with van der Waals surface area (Å²) < 4.78 is 5.64. The van der Waals surface area contributed by atoms with Gasteiger partial charge < -0.3 is 20.3 Å². The Morgan fingerprint density at radius 1 is 1.00 bits per heavy atom. The van der Waals surface area contributed by atoms with E-state index in [1.54, 1.807) is 11.3 Å². The minimum Gasteiger partial charge on any atom is -0.378 e. The topological polar surface area (TPSA) is 71.7 Å². The molecule has 194 valence electrons. The van der Waals surface area contributed by atoms with Crippen molar-refractivity contribution in [3.05, 3.63) is 53.0 Å². The van der Waals surface area contributed by atoms with E-state index in [0.717, 1.165) is 80.4 Å². The minimum atomic E-state index is -0.0383. The Bertz CT molecular complexity index is 1300. The van der Waals surface area contributed by atoms with Crippen LogP contribution in [0.1, 0.15) is 48.3 Å². The van der Waals surface area contributed by atoms with E-state index in [1.165, 1.54) is 21.8 Å². The number of piperidine rings is 1. The van der Waals surface area contributed by atoms with Crippen LogP contribution < -0.4 is 15.5 Å². The molecule has 0 amide bonds. The van der Waals surface area contributed by atoms with E-state index in [9.17, 15) is 4.79 Å². The highest BCUT2D eigenvalue weighted by molar-refractivity contribution is 7.19. The number of morpholine rings is 1. The SMILES string of the molecule is CC1(C)CC(=O)c2sc(N3CCOCC3)c(-c3ccnc(-c4cccc(N5CCC(N)CC5)c4)c3)c2C1. The van der Waals surface area contributed by atoms with Gasteiger partial charge in [0, 0.05) is 61.7 Å². The van der Waals surface area contributed by atoms with Gasteiger partial charge in [0.15, 0.2) is 5.78 Å². The zero-order valence-corrected chi connectivity index (χ0v) is 22.7. The van der Waals surface area contributed by atoms with Crippen LogP contribution in [0.3, 0.4) is 0 Å². The van der Waals surface area contributed by atoms with Gasteiger partial charge in [-0.15, -0.1) is 11.3 Å². The Labute approximate surface area is 223 Å². The van der Waals surface area contributed by atoms with Crippen molar-refractivity contribution < 1.29 is 9.53 Å². The molecule has 7 heteroatoms. The second kappa shape index (κ2) is 9.86. The number of rotatable bonds is 4. The molecule has 0 bridgehead atoms. The molecule has 37 heavy (non-hydrogen) atoms. The molecule has 1 aliphatic carbocycles. The minimum absolute atomic E-state index is 0.0383. The van der Waals surface area contributed by atoms with E-state index in [1.807, 2.05) is 6.20 Å². The third-order valence-corrected chi connectivity index (χ3v) is 9.26. The van der Waals surface area contributed by atoms with Crippen molar-refractivity contribution in [3.63, 3.8) is 0 Å². The molecule has 0 saturated carbocycles. The van der Waals surface area contributed by atoms with Crippen LogP contribution in [0.15, 0.2) is 42.6 Å². The van der Waals surface area contributed by atoms with Crippen molar-refractivity contribution in [1.82, 2.24) is 4.98 Å². The summed E-state index contributed by atoms with van der Waals surface area (Å²) in [6.45, 7) is 9.54. The summed E-state index contributed by atoms with van der Waals surface area (Å²) in [7, 11) is 0. The number of ether oxygens (including phenoxy) is 1. The molecule has 2 saturated heterocycles. The highest BCUT2D eigenvalue weighted by Crippen LogP contribution is 2.49. The standard InChI is InChI=1S/C30H36N4O2S/c1-30(2)18-24-27(29(34-12-14-36-15-13-34)37-28(24)26(35)19-30)21-6-9-32-25(17-21)20-4-3-5-23(16-20)33-10-7-22(31)8-11-33/h3-6,9,16-17,22H,7-8,10-15,18-19,31H2,1-2H3. The Morgan fingerprint density at radius 2 is 1.78 bits per heavy atom. The summed E-state index contributed by atoms with van der Waals surface area (Å²) in [5.74, 6) is 0.278. The molecule has 0 unspecified atom stereocenters. The van der Waals surface area contributed by atoms with E-state index in [4.69, 9.17) is 15.5 Å². The normalized spacial score (nSPS) is 20.2. The lowest BCUT2D eigenvalue weighted by Gasteiger charge is -2.32. The smallest absolute Gasteiger partial charge is 0.173 e. The van der Waals surface area contributed by atoms with Crippen molar-refractivity contribution >= 4 is 27.8 Å². The summed E-state index contributed by atoms with van der Waals surface area (Å²) in [5, 5.41) is 1.20. The maximum absolute atomic E-state index is 13.2. The molecule has 0 radical (unpaired) electrons. The Hall–Kier alpha value is -2.74. The molecule has 2 aromatic heterocycles. The fraction of sp³-hybridized carbons (Fsp3) is 0.467. The van der Waals surface area contributed by atoms with Crippen LogP contribution in [0.4, 0.5) is 10.7 Å². The second-order valence-corrected chi connectivity index (χ2v) is 12.4. The molecule has 2 aliphatic heterocycles. The Morgan fingerprint density at radius 3 is 2.57 bits per heavy atom. The first-order valence-electron chi connectivity index (χ1n) is 13.5. The van der Waals surface area contributed by atoms with Crippen LogP contribution >= 0.6 is 11.3 Å². The van der Waals surface area contributed by atoms with Gasteiger partial charge in [-0.3, -0.25) is 9.78 Å². The number of hydrogen-bond acceptors (Lipinski definition) is 7. The first kappa shape index (κ1) is 24.6. The first-order chi connectivity index (χ1) is 17.9. The summed E-state index contributed by atoms with van der Waals surface area (Å²) in [6, 6.07) is 13.3. The molecular formula is C30H36N4O2S. The third-order valence-electron chi connectivity index (χ3n) is 7.93. The lowest BCUT2D eigenvalue weighted by atomic mass is 9.75. The van der Waals surface area contributed by atoms with E-state index < -0.39 is 0 Å². The first-order valence-corrected chi connectivity index (χ1v) is 14.3. The monoisotopic (exact) mass is 516 g/mol. The van der Waals surface area contributed by atoms with Crippen LogP contribution in [-0.4, -0.2) is 56.2 Å². The number of aromatic nitrogens is 1. The highest BCUT2D eigenvalue weighted by Gasteiger charge is 2.37. The molecule has 3 aromatic rings. The van der Waals surface area contributed by atoms with E-state index in [2.05, 4.69) is 60.0 Å². The predicted molar refractivity (Wildman–Crippen MR) is 152 cm³/mol. The maximum Gasteiger partial charge on any atom is 0.173 e. The van der Waals surface area contributed by atoms with Gasteiger partial charge in [0.05, 0.1) is 28.8 Å². The van der Waals surface area contributed by atoms with Crippen LogP contribution in [0.25, 0.3) is 22.4 Å². The van der Waals surface area contributed by atoms with E-state index >= 15 is 0 Å². The molecule has 2 N–H and O–H groups in total. The second-order valence-electron chi connectivity index (χ2n) is 11.4. The lowest BCUT2D eigenvalue weighted by Crippen LogP contribution is -2.39. The number of anilines is 2. The van der Waals surface area contributed by atoms with Crippen molar-refractivity contribution in [3.8, 4) is 22.4 Å². The van der Waals surface area contributed by atoms with Crippen molar-refractivity contribution in [2.45, 2.75) is 45.6 Å². The number of fused-ring (bicyclic) bond motifs is 1. The van der Waals surface area contributed by atoms with E-state index in [0.29, 0.717) is 12.5 Å². The van der Waals surface area contributed by atoms with Gasteiger partial charge in [0.25, 0.3) is 0 Å². The quantitative estimate of drug-likeness (QED) is 0.501. The van der Waals surface area contributed by atoms with Gasteiger partial charge in [-0.25, -0.2) is 0 Å². The number of Topliss-reactive ketones (excluding diaryl/α,β-unsaturated/α-hetero) is 1. The lowest BCUT2D eigenvalue weighted by molar-refractivity contribution is 0.0918. The van der Waals surface area contributed by atoms with Crippen LogP contribution in [0.2, 0.25) is 0 Å². The predicted octanol–water partition coefficient (Wildman–Crippen LogP) is 5.40. The average Bonchev–Trinajstić information content (AvgIpc) is 3.28. The Balaban J connectivity index is 1.41. The Kier molecular flexibility index (Phi) is 6.55. The van der Waals surface area contributed by atoms with Crippen LogP contribution in [0, 0.1) is 5.41 Å². The fourth-order valence-corrected chi connectivity index (χ4v) is 7.28. The number of hydrogen-bond donors (Lipinski definition) is 1. The molecule has 2 fully saturated rings. The van der Waals surface area contributed by atoms with Crippen LogP contribution in [-0.2, 0) is 11.2 Å². The number of carbonyl (C=O) groups is 1. The van der Waals surface area contributed by atoms with E-state index in [-0.39, 0.29) is 11.2 Å². The average molecular weight is 517 g/mol. The number of nitrogens with two attached hydrogens (primary N) is 1. The van der Waals surface area contributed by atoms with Gasteiger partial charge in [0.1, 0.15) is 0 Å². The molecule has 3 aliphatic rings. The number of nitrogens with zero attached hydrogens (tertiary/aromatic N) is 3. The molecule has 4 heterocycles. The molecule has 0 atom stereocenters. The number of ketones is 1. The number of carbonyl (C=O) groups excluding carboxylic acids is 1. The van der Waals surface area contributed by atoms with Crippen molar-refractivity contribution in [2.24, 2.45) is 11.1 Å². The zero-order valence-electron chi connectivity index (χ0n) is 21.8. The summed E-state index contributed by atoms with van der Waals surface area (Å²) >= 11 is 1.68.